The van der Waals surface area contributed by atoms with Crippen molar-refractivity contribution in [1.29, 1.82) is 0 Å². The standard InChI is InChI=1S/C15H15N3O2S/c1-10-3-2-4-13(9-10)16-15(21)18-17-12-7-5-11(6-8-12)14(19)20/h2-9,17H,1H3,(H,19,20)(H2,16,18,21)/p-1. The van der Waals surface area contributed by atoms with Crippen molar-refractivity contribution < 1.29 is 9.90 Å². The fourth-order valence-corrected chi connectivity index (χ4v) is 1.87. The summed E-state index contributed by atoms with van der Waals surface area (Å²) in [6, 6.07) is 14.0. The van der Waals surface area contributed by atoms with E-state index in [2.05, 4.69) is 16.2 Å². The number of nitrogens with one attached hydrogen (secondary N) is 3. The summed E-state index contributed by atoms with van der Waals surface area (Å²) in [4.78, 5) is 10.6. The highest BCUT2D eigenvalue weighted by molar-refractivity contribution is 7.80. The SMILES string of the molecule is Cc1cccc(NC(=S)NNc2ccc(C(=O)[O-])cc2)c1. The van der Waals surface area contributed by atoms with Crippen molar-refractivity contribution in [3.63, 3.8) is 0 Å². The summed E-state index contributed by atoms with van der Waals surface area (Å²) in [7, 11) is 0. The molecule has 0 aliphatic heterocycles. The molecule has 2 aromatic rings. The minimum Gasteiger partial charge on any atom is -0.545 e. The summed E-state index contributed by atoms with van der Waals surface area (Å²) >= 11 is 5.16. The highest BCUT2D eigenvalue weighted by Crippen LogP contribution is 2.10. The lowest BCUT2D eigenvalue weighted by molar-refractivity contribution is -0.255. The molecular weight excluding hydrogens is 286 g/mol. The van der Waals surface area contributed by atoms with Crippen LogP contribution in [0.1, 0.15) is 15.9 Å². The number of carboxylic acid groups (broad SMARTS) is 1. The summed E-state index contributed by atoms with van der Waals surface area (Å²) in [6.45, 7) is 2.00. The number of hydrazine groups is 1. The van der Waals surface area contributed by atoms with Gasteiger partial charge in [-0.25, -0.2) is 0 Å². The molecule has 0 heterocycles. The van der Waals surface area contributed by atoms with Crippen molar-refractivity contribution in [1.82, 2.24) is 5.43 Å². The summed E-state index contributed by atoms with van der Waals surface area (Å²) in [5, 5.41) is 14.1. The third-order valence-electron chi connectivity index (χ3n) is 2.72. The van der Waals surface area contributed by atoms with E-state index >= 15 is 0 Å². The van der Waals surface area contributed by atoms with Crippen LogP contribution in [0.5, 0.6) is 0 Å². The molecular formula is C15H14N3O2S-. The predicted molar refractivity (Wildman–Crippen MR) is 84.9 cm³/mol. The second-order valence-electron chi connectivity index (χ2n) is 4.44. The van der Waals surface area contributed by atoms with Crippen LogP contribution in [0.15, 0.2) is 48.5 Å². The van der Waals surface area contributed by atoms with Crippen LogP contribution in [0.25, 0.3) is 0 Å². The van der Waals surface area contributed by atoms with Gasteiger partial charge in [-0.1, -0.05) is 24.3 Å². The van der Waals surface area contributed by atoms with E-state index < -0.39 is 5.97 Å². The van der Waals surface area contributed by atoms with Gasteiger partial charge in [-0.05, 0) is 54.5 Å². The second-order valence-corrected chi connectivity index (χ2v) is 4.85. The van der Waals surface area contributed by atoms with E-state index in [4.69, 9.17) is 12.2 Å². The zero-order chi connectivity index (χ0) is 15.2. The Bertz CT molecular complexity index is 656. The molecule has 0 aliphatic carbocycles. The number of hydrogen-bond donors (Lipinski definition) is 3. The van der Waals surface area contributed by atoms with Gasteiger partial charge in [0.25, 0.3) is 0 Å². The first kappa shape index (κ1) is 14.8. The monoisotopic (exact) mass is 300 g/mol. The Kier molecular flexibility index (Phi) is 4.73. The van der Waals surface area contributed by atoms with E-state index in [0.717, 1.165) is 11.3 Å². The van der Waals surface area contributed by atoms with Gasteiger partial charge in [-0.2, -0.15) is 0 Å². The lowest BCUT2D eigenvalue weighted by Gasteiger charge is -2.13. The Balaban J connectivity index is 1.87. The normalized spacial score (nSPS) is 9.76. The number of thiocarbonyl (C=S) groups is 1. The van der Waals surface area contributed by atoms with Gasteiger partial charge in [0.15, 0.2) is 5.11 Å². The van der Waals surface area contributed by atoms with Crippen LogP contribution in [0, 0.1) is 6.92 Å². The van der Waals surface area contributed by atoms with E-state index in [1.807, 2.05) is 31.2 Å². The Morgan fingerprint density at radius 3 is 2.43 bits per heavy atom. The van der Waals surface area contributed by atoms with E-state index in [1.54, 1.807) is 12.1 Å². The fraction of sp³-hybridized carbons (Fsp3) is 0.0667. The van der Waals surface area contributed by atoms with Gasteiger partial charge < -0.3 is 15.2 Å². The number of aryl methyl sites for hydroxylation is 1. The number of benzene rings is 2. The number of carbonyl (C=O) groups excluding carboxylic acids is 1. The molecule has 2 aromatic carbocycles. The molecule has 2 rings (SSSR count). The van der Waals surface area contributed by atoms with Gasteiger partial charge in [0.2, 0.25) is 0 Å². The molecule has 21 heavy (non-hydrogen) atoms. The van der Waals surface area contributed by atoms with Crippen molar-refractivity contribution >= 4 is 34.7 Å². The highest BCUT2D eigenvalue weighted by Gasteiger charge is 1.98. The summed E-state index contributed by atoms with van der Waals surface area (Å²) in [5.74, 6) is -1.20. The molecule has 0 atom stereocenters. The number of anilines is 2. The van der Waals surface area contributed by atoms with Gasteiger partial charge >= 0.3 is 0 Å². The van der Waals surface area contributed by atoms with E-state index in [0.29, 0.717) is 10.8 Å². The largest absolute Gasteiger partial charge is 0.545 e. The molecule has 6 heteroatoms. The van der Waals surface area contributed by atoms with Crippen LogP contribution in [0.2, 0.25) is 0 Å². The first-order chi connectivity index (χ1) is 10.0. The van der Waals surface area contributed by atoms with Gasteiger partial charge in [0.1, 0.15) is 0 Å². The van der Waals surface area contributed by atoms with Crippen LogP contribution in [-0.2, 0) is 0 Å². The maximum atomic E-state index is 10.6. The minimum absolute atomic E-state index is 0.126. The van der Waals surface area contributed by atoms with Crippen molar-refractivity contribution in [2.75, 3.05) is 10.7 Å². The number of aromatic carboxylic acids is 1. The average molecular weight is 300 g/mol. The van der Waals surface area contributed by atoms with Gasteiger partial charge in [-0.15, -0.1) is 0 Å². The van der Waals surface area contributed by atoms with Crippen LogP contribution in [0.4, 0.5) is 11.4 Å². The quantitative estimate of drug-likeness (QED) is 0.589. The third kappa shape index (κ3) is 4.47. The van der Waals surface area contributed by atoms with Crippen LogP contribution >= 0.6 is 12.2 Å². The van der Waals surface area contributed by atoms with Crippen molar-refractivity contribution in [3.05, 3.63) is 59.7 Å². The van der Waals surface area contributed by atoms with E-state index in [-0.39, 0.29) is 5.56 Å². The minimum atomic E-state index is -1.20. The van der Waals surface area contributed by atoms with E-state index in [1.165, 1.54) is 12.1 Å². The van der Waals surface area contributed by atoms with Crippen LogP contribution in [0.3, 0.4) is 0 Å². The van der Waals surface area contributed by atoms with Crippen molar-refractivity contribution in [2.24, 2.45) is 0 Å². The molecule has 0 aromatic heterocycles. The number of carboxylic acids is 1. The molecule has 0 saturated heterocycles. The third-order valence-corrected chi connectivity index (χ3v) is 2.92. The molecule has 0 amide bonds. The fourth-order valence-electron chi connectivity index (χ4n) is 1.70. The molecule has 5 nitrogen and oxygen atoms in total. The van der Waals surface area contributed by atoms with Gasteiger partial charge in [-0.3, -0.25) is 10.9 Å². The Morgan fingerprint density at radius 2 is 1.81 bits per heavy atom. The smallest absolute Gasteiger partial charge is 0.189 e. The predicted octanol–water partition coefficient (Wildman–Crippen LogP) is 1.67. The van der Waals surface area contributed by atoms with Crippen LogP contribution in [-0.4, -0.2) is 11.1 Å². The Hall–Kier alpha value is -2.60. The molecule has 108 valence electrons. The lowest BCUT2D eigenvalue weighted by atomic mass is 10.2. The second kappa shape index (κ2) is 6.71. The summed E-state index contributed by atoms with van der Waals surface area (Å²) in [6.07, 6.45) is 0. The Labute approximate surface area is 128 Å². The number of hydrogen-bond acceptors (Lipinski definition) is 4. The average Bonchev–Trinajstić information content (AvgIpc) is 2.45. The zero-order valence-corrected chi connectivity index (χ0v) is 12.2. The maximum Gasteiger partial charge on any atom is 0.189 e. The topological polar surface area (TPSA) is 76.2 Å². The molecule has 3 N–H and O–H groups in total. The van der Waals surface area contributed by atoms with Crippen LogP contribution < -0.4 is 21.3 Å². The molecule has 0 spiro atoms. The zero-order valence-electron chi connectivity index (χ0n) is 11.3. The first-order valence-electron chi connectivity index (χ1n) is 6.26. The first-order valence-corrected chi connectivity index (χ1v) is 6.66. The number of rotatable bonds is 4. The molecule has 0 aliphatic rings. The van der Waals surface area contributed by atoms with Crippen molar-refractivity contribution in [2.45, 2.75) is 6.92 Å². The maximum absolute atomic E-state index is 10.6. The van der Waals surface area contributed by atoms with Crippen molar-refractivity contribution in [3.8, 4) is 0 Å². The molecule has 0 fully saturated rings. The molecule has 0 saturated carbocycles. The molecule has 0 radical (unpaired) electrons. The van der Waals surface area contributed by atoms with Gasteiger partial charge in [0, 0.05) is 5.69 Å². The summed E-state index contributed by atoms with van der Waals surface area (Å²) in [5.41, 5.74) is 8.54. The van der Waals surface area contributed by atoms with E-state index in [9.17, 15) is 9.90 Å². The van der Waals surface area contributed by atoms with Gasteiger partial charge in [0.05, 0.1) is 11.7 Å². The Morgan fingerprint density at radius 1 is 1.10 bits per heavy atom. The highest BCUT2D eigenvalue weighted by atomic mass is 32.1. The number of carbonyl (C=O) groups is 1. The molecule has 0 unspecified atom stereocenters. The molecule has 0 bridgehead atoms. The lowest BCUT2D eigenvalue weighted by Crippen LogP contribution is -2.33. The summed E-state index contributed by atoms with van der Waals surface area (Å²) < 4.78 is 0.